The van der Waals surface area contributed by atoms with Gasteiger partial charge in [-0.2, -0.15) is 0 Å². The zero-order valence-electron chi connectivity index (χ0n) is 9.17. The number of aryl methyl sites for hydroxylation is 1. The molecule has 0 aromatic heterocycles. The van der Waals surface area contributed by atoms with E-state index in [1.807, 2.05) is 18.2 Å². The van der Waals surface area contributed by atoms with Gasteiger partial charge >= 0.3 is 0 Å². The van der Waals surface area contributed by atoms with E-state index >= 15 is 0 Å². The first kappa shape index (κ1) is 11.3. The van der Waals surface area contributed by atoms with Crippen LogP contribution in [0.2, 0.25) is 0 Å². The number of ether oxygens (including phenoxy) is 1. The second-order valence-corrected chi connectivity index (χ2v) is 3.96. The molecule has 1 aromatic rings. The van der Waals surface area contributed by atoms with Crippen LogP contribution in [0.4, 0.5) is 8.78 Å². The summed E-state index contributed by atoms with van der Waals surface area (Å²) in [6.07, 6.45) is -0.468. The minimum absolute atomic E-state index is 0.0408. The predicted octanol–water partition coefficient (Wildman–Crippen LogP) is 2.54. The molecule has 0 radical (unpaired) electrons. The fraction of sp³-hybridized carbons (Fsp3) is 0.500. The van der Waals surface area contributed by atoms with E-state index in [2.05, 4.69) is 5.32 Å². The molecule has 1 aliphatic rings. The van der Waals surface area contributed by atoms with Crippen molar-refractivity contribution in [3.8, 4) is 5.75 Å². The molecule has 0 spiro atoms. The number of nitrogens with one attached hydrogen (secondary N) is 1. The van der Waals surface area contributed by atoms with Gasteiger partial charge in [0.25, 0.3) is 6.43 Å². The average molecular weight is 227 g/mol. The van der Waals surface area contributed by atoms with E-state index < -0.39 is 6.43 Å². The van der Waals surface area contributed by atoms with E-state index in [0.29, 0.717) is 0 Å². The molecule has 88 valence electrons. The number of rotatable bonds is 4. The van der Waals surface area contributed by atoms with Gasteiger partial charge in [-0.15, -0.1) is 0 Å². The Bertz CT molecular complexity index is 368. The van der Waals surface area contributed by atoms with E-state index in [4.69, 9.17) is 4.74 Å². The molecule has 1 N–H and O–H groups in total. The quantitative estimate of drug-likeness (QED) is 0.853. The molecule has 0 bridgehead atoms. The molecule has 1 aliphatic carbocycles. The maximum Gasteiger partial charge on any atom is 0.250 e. The van der Waals surface area contributed by atoms with Crippen molar-refractivity contribution in [2.45, 2.75) is 25.3 Å². The van der Waals surface area contributed by atoms with Gasteiger partial charge in [0.2, 0.25) is 0 Å². The second kappa shape index (κ2) is 4.78. The Hall–Kier alpha value is -1.16. The highest BCUT2D eigenvalue weighted by Crippen LogP contribution is 2.33. The van der Waals surface area contributed by atoms with E-state index in [0.717, 1.165) is 24.2 Å². The van der Waals surface area contributed by atoms with E-state index in [1.54, 1.807) is 7.11 Å². The topological polar surface area (TPSA) is 21.3 Å². The minimum Gasteiger partial charge on any atom is -0.497 e. The summed E-state index contributed by atoms with van der Waals surface area (Å²) in [5.74, 6) is 0.782. The molecule has 1 aromatic carbocycles. The number of hydrogen-bond acceptors (Lipinski definition) is 2. The molecule has 1 unspecified atom stereocenters. The van der Waals surface area contributed by atoms with Crippen molar-refractivity contribution < 1.29 is 13.5 Å². The molecule has 1 atom stereocenters. The summed E-state index contributed by atoms with van der Waals surface area (Å²) < 4.78 is 29.4. The fourth-order valence-electron chi connectivity index (χ4n) is 2.15. The summed E-state index contributed by atoms with van der Waals surface area (Å²) >= 11 is 0. The van der Waals surface area contributed by atoms with Crippen LogP contribution < -0.4 is 10.1 Å². The molecule has 16 heavy (non-hydrogen) atoms. The van der Waals surface area contributed by atoms with Gasteiger partial charge in [0.15, 0.2) is 0 Å². The maximum atomic E-state index is 12.1. The monoisotopic (exact) mass is 227 g/mol. The molecule has 0 saturated heterocycles. The van der Waals surface area contributed by atoms with Crippen molar-refractivity contribution in [3.63, 3.8) is 0 Å². The number of benzene rings is 1. The molecule has 0 aliphatic heterocycles. The van der Waals surface area contributed by atoms with Crippen LogP contribution in [0.25, 0.3) is 0 Å². The second-order valence-electron chi connectivity index (χ2n) is 3.96. The predicted molar refractivity (Wildman–Crippen MR) is 58.1 cm³/mol. The van der Waals surface area contributed by atoms with Gasteiger partial charge in [0.05, 0.1) is 13.7 Å². The van der Waals surface area contributed by atoms with Gasteiger partial charge in [-0.3, -0.25) is 0 Å². The molecule has 0 fully saturated rings. The zero-order valence-corrected chi connectivity index (χ0v) is 9.17. The van der Waals surface area contributed by atoms with Crippen molar-refractivity contribution in [3.05, 3.63) is 29.3 Å². The Morgan fingerprint density at radius 3 is 3.00 bits per heavy atom. The number of alkyl halides is 2. The molecule has 0 amide bonds. The van der Waals surface area contributed by atoms with Crippen LogP contribution in [0.5, 0.6) is 5.75 Å². The molecule has 2 rings (SSSR count). The highest BCUT2D eigenvalue weighted by atomic mass is 19.3. The number of halogens is 2. The van der Waals surface area contributed by atoms with E-state index in [1.165, 1.54) is 5.56 Å². The maximum absolute atomic E-state index is 12.1. The summed E-state index contributed by atoms with van der Waals surface area (Å²) in [4.78, 5) is 0. The smallest absolute Gasteiger partial charge is 0.250 e. The van der Waals surface area contributed by atoms with Crippen LogP contribution in [0.15, 0.2) is 18.2 Å². The first-order valence-corrected chi connectivity index (χ1v) is 5.39. The average Bonchev–Trinajstić information content (AvgIpc) is 2.68. The van der Waals surface area contributed by atoms with Crippen LogP contribution in [0, 0.1) is 0 Å². The number of fused-ring (bicyclic) bond motifs is 1. The van der Waals surface area contributed by atoms with Crippen molar-refractivity contribution in [1.82, 2.24) is 5.32 Å². The Labute approximate surface area is 93.6 Å². The van der Waals surface area contributed by atoms with Crippen molar-refractivity contribution in [1.29, 1.82) is 0 Å². The van der Waals surface area contributed by atoms with Crippen LogP contribution in [-0.4, -0.2) is 20.1 Å². The lowest BCUT2D eigenvalue weighted by Gasteiger charge is -2.14. The van der Waals surface area contributed by atoms with Crippen molar-refractivity contribution in [2.24, 2.45) is 0 Å². The summed E-state index contributed by atoms with van der Waals surface area (Å²) in [5.41, 5.74) is 2.33. The van der Waals surface area contributed by atoms with E-state index in [9.17, 15) is 8.78 Å². The molecule has 0 heterocycles. The van der Waals surface area contributed by atoms with Crippen molar-refractivity contribution >= 4 is 0 Å². The summed E-state index contributed by atoms with van der Waals surface area (Å²) in [6.45, 7) is -0.249. The van der Waals surface area contributed by atoms with Gasteiger partial charge in [-0.1, -0.05) is 6.07 Å². The third kappa shape index (κ3) is 2.32. The summed E-state index contributed by atoms with van der Waals surface area (Å²) in [5, 5.41) is 2.88. The normalized spacial score (nSPS) is 18.9. The SMILES string of the molecule is COc1ccc2c(c1)C(NCC(F)F)CC2. The van der Waals surface area contributed by atoms with Gasteiger partial charge in [-0.05, 0) is 36.1 Å². The van der Waals surface area contributed by atoms with Gasteiger partial charge < -0.3 is 10.1 Å². The molecular weight excluding hydrogens is 212 g/mol. The van der Waals surface area contributed by atoms with E-state index in [-0.39, 0.29) is 12.6 Å². The van der Waals surface area contributed by atoms with Gasteiger partial charge in [-0.25, -0.2) is 8.78 Å². The Balaban J connectivity index is 2.11. The zero-order chi connectivity index (χ0) is 11.5. The molecule has 2 nitrogen and oxygen atoms in total. The third-order valence-electron chi connectivity index (χ3n) is 2.95. The Morgan fingerprint density at radius 1 is 1.50 bits per heavy atom. The lowest BCUT2D eigenvalue weighted by Crippen LogP contribution is -2.25. The largest absolute Gasteiger partial charge is 0.497 e. The van der Waals surface area contributed by atoms with Gasteiger partial charge in [0.1, 0.15) is 5.75 Å². The summed E-state index contributed by atoms with van der Waals surface area (Å²) in [7, 11) is 1.61. The van der Waals surface area contributed by atoms with Crippen LogP contribution in [0.1, 0.15) is 23.6 Å². The lowest BCUT2D eigenvalue weighted by atomic mass is 10.1. The lowest BCUT2D eigenvalue weighted by molar-refractivity contribution is 0.141. The molecular formula is C12H15F2NO. The third-order valence-corrected chi connectivity index (χ3v) is 2.95. The minimum atomic E-state index is -2.30. The van der Waals surface area contributed by atoms with Crippen LogP contribution >= 0.6 is 0 Å². The van der Waals surface area contributed by atoms with Gasteiger partial charge in [0, 0.05) is 6.04 Å². The highest BCUT2D eigenvalue weighted by Gasteiger charge is 2.23. The first-order chi connectivity index (χ1) is 7.70. The standard InChI is InChI=1S/C12H15F2NO/c1-16-9-4-2-8-3-5-11(10(8)6-9)15-7-12(13)14/h2,4,6,11-12,15H,3,5,7H2,1H3. The first-order valence-electron chi connectivity index (χ1n) is 5.39. The Morgan fingerprint density at radius 2 is 2.31 bits per heavy atom. The van der Waals surface area contributed by atoms with Crippen LogP contribution in [-0.2, 0) is 6.42 Å². The Kier molecular flexibility index (Phi) is 3.39. The fourth-order valence-corrected chi connectivity index (χ4v) is 2.15. The van der Waals surface area contributed by atoms with Crippen LogP contribution in [0.3, 0.4) is 0 Å². The number of methoxy groups -OCH3 is 1. The highest BCUT2D eigenvalue weighted by molar-refractivity contribution is 5.40. The van der Waals surface area contributed by atoms with Crippen molar-refractivity contribution in [2.75, 3.05) is 13.7 Å². The molecule has 4 heteroatoms. The number of hydrogen-bond donors (Lipinski definition) is 1. The molecule has 0 saturated carbocycles. The summed E-state index contributed by atoms with van der Waals surface area (Å²) in [6, 6.07) is 5.90.